The second-order valence-electron chi connectivity index (χ2n) is 3.84. The molecule has 0 aliphatic heterocycles. The van der Waals surface area contributed by atoms with Crippen LogP contribution >= 0.6 is 22.9 Å². The number of hydrogen-bond donors (Lipinski definition) is 1. The zero-order valence-corrected chi connectivity index (χ0v) is 11.4. The highest BCUT2D eigenvalue weighted by molar-refractivity contribution is 7.10. The quantitative estimate of drug-likeness (QED) is 0.833. The summed E-state index contributed by atoms with van der Waals surface area (Å²) in [6.45, 7) is 2.09. The first-order valence-electron chi connectivity index (χ1n) is 5.68. The number of nitrogens with one attached hydrogen (secondary N) is 1. The molecule has 3 nitrogen and oxygen atoms in total. The van der Waals surface area contributed by atoms with Crippen LogP contribution in [0.2, 0.25) is 5.28 Å². The van der Waals surface area contributed by atoms with E-state index in [-0.39, 0.29) is 17.1 Å². The smallest absolute Gasteiger partial charge is 0.224 e. The first kappa shape index (κ1) is 13.2. The van der Waals surface area contributed by atoms with Crippen molar-refractivity contribution in [2.24, 2.45) is 0 Å². The third-order valence-electron chi connectivity index (χ3n) is 2.49. The van der Waals surface area contributed by atoms with Crippen molar-refractivity contribution in [1.82, 2.24) is 9.97 Å². The van der Waals surface area contributed by atoms with E-state index in [0.29, 0.717) is 0 Å². The number of rotatable bonds is 5. The maximum atomic E-state index is 13.6. The monoisotopic (exact) mass is 285 g/mol. The molecule has 96 valence electrons. The minimum absolute atomic E-state index is 0.0420. The molecule has 1 atom stereocenters. The Kier molecular flexibility index (Phi) is 4.49. The van der Waals surface area contributed by atoms with Crippen molar-refractivity contribution in [2.75, 3.05) is 5.32 Å². The Hall–Kier alpha value is -1.20. The number of halogens is 2. The topological polar surface area (TPSA) is 37.8 Å². The lowest BCUT2D eigenvalue weighted by Gasteiger charge is -2.17. The SMILES string of the molecule is CCCC(Nc1nc(Cl)ncc1F)c1cccs1. The van der Waals surface area contributed by atoms with Crippen molar-refractivity contribution >= 4 is 28.8 Å². The summed E-state index contributed by atoms with van der Waals surface area (Å²) in [6.07, 6.45) is 2.98. The third kappa shape index (κ3) is 3.17. The minimum atomic E-state index is -0.489. The van der Waals surface area contributed by atoms with Gasteiger partial charge in [-0.05, 0) is 29.5 Å². The average Bonchev–Trinajstić information content (AvgIpc) is 2.87. The van der Waals surface area contributed by atoms with Crippen LogP contribution in [0.3, 0.4) is 0 Å². The van der Waals surface area contributed by atoms with Crippen LogP contribution in [-0.2, 0) is 0 Å². The first-order valence-corrected chi connectivity index (χ1v) is 6.94. The van der Waals surface area contributed by atoms with Gasteiger partial charge in [0.15, 0.2) is 11.6 Å². The minimum Gasteiger partial charge on any atom is -0.360 e. The van der Waals surface area contributed by atoms with Gasteiger partial charge >= 0.3 is 0 Å². The van der Waals surface area contributed by atoms with Crippen LogP contribution in [0.5, 0.6) is 0 Å². The van der Waals surface area contributed by atoms with Crippen molar-refractivity contribution in [3.8, 4) is 0 Å². The van der Waals surface area contributed by atoms with Gasteiger partial charge in [0.25, 0.3) is 0 Å². The average molecular weight is 286 g/mol. The predicted octanol–water partition coefficient (Wildman–Crippen LogP) is 4.28. The second-order valence-corrected chi connectivity index (χ2v) is 5.15. The van der Waals surface area contributed by atoms with E-state index in [1.165, 1.54) is 0 Å². The van der Waals surface area contributed by atoms with E-state index in [2.05, 4.69) is 22.2 Å². The van der Waals surface area contributed by atoms with Crippen molar-refractivity contribution < 1.29 is 4.39 Å². The Labute approximate surface area is 114 Å². The predicted molar refractivity (Wildman–Crippen MR) is 72.6 cm³/mol. The maximum Gasteiger partial charge on any atom is 0.224 e. The van der Waals surface area contributed by atoms with Gasteiger partial charge in [-0.1, -0.05) is 19.4 Å². The summed E-state index contributed by atoms with van der Waals surface area (Å²) in [7, 11) is 0. The molecule has 0 spiro atoms. The normalized spacial score (nSPS) is 12.4. The highest BCUT2D eigenvalue weighted by Crippen LogP contribution is 2.27. The lowest BCUT2D eigenvalue weighted by molar-refractivity contribution is 0.605. The van der Waals surface area contributed by atoms with Gasteiger partial charge in [0.2, 0.25) is 5.28 Å². The van der Waals surface area contributed by atoms with E-state index in [9.17, 15) is 4.39 Å². The summed E-state index contributed by atoms with van der Waals surface area (Å²) in [5.74, 6) is -0.334. The molecule has 2 aromatic heterocycles. The highest BCUT2D eigenvalue weighted by atomic mass is 35.5. The maximum absolute atomic E-state index is 13.6. The van der Waals surface area contributed by atoms with Gasteiger partial charge in [0.1, 0.15) is 0 Å². The van der Waals surface area contributed by atoms with Gasteiger partial charge in [0, 0.05) is 4.88 Å². The first-order chi connectivity index (χ1) is 8.70. The van der Waals surface area contributed by atoms with Gasteiger partial charge in [0.05, 0.1) is 12.2 Å². The summed E-state index contributed by atoms with van der Waals surface area (Å²) < 4.78 is 13.6. The zero-order chi connectivity index (χ0) is 13.0. The summed E-state index contributed by atoms with van der Waals surface area (Å²) in [4.78, 5) is 8.63. The van der Waals surface area contributed by atoms with Crippen molar-refractivity contribution in [1.29, 1.82) is 0 Å². The van der Waals surface area contributed by atoms with E-state index in [1.54, 1.807) is 11.3 Å². The summed E-state index contributed by atoms with van der Waals surface area (Å²) in [6, 6.07) is 4.06. The fraction of sp³-hybridized carbons (Fsp3) is 0.333. The molecule has 0 saturated carbocycles. The van der Waals surface area contributed by atoms with Crippen LogP contribution in [0, 0.1) is 5.82 Å². The molecule has 0 aromatic carbocycles. The molecule has 0 radical (unpaired) electrons. The molecule has 1 unspecified atom stereocenters. The van der Waals surface area contributed by atoms with E-state index in [1.807, 2.05) is 17.5 Å². The summed E-state index contributed by atoms with van der Waals surface area (Å²) in [5.41, 5.74) is 0. The Morgan fingerprint density at radius 1 is 1.56 bits per heavy atom. The molecule has 18 heavy (non-hydrogen) atoms. The molecular weight excluding hydrogens is 273 g/mol. The number of anilines is 1. The molecule has 0 aliphatic rings. The van der Waals surface area contributed by atoms with Crippen LogP contribution in [-0.4, -0.2) is 9.97 Å². The number of aromatic nitrogens is 2. The molecule has 0 aliphatic carbocycles. The number of hydrogen-bond acceptors (Lipinski definition) is 4. The van der Waals surface area contributed by atoms with Crippen molar-refractivity contribution in [3.63, 3.8) is 0 Å². The van der Waals surface area contributed by atoms with Crippen LogP contribution in [0.15, 0.2) is 23.7 Å². The fourth-order valence-electron chi connectivity index (χ4n) is 1.68. The molecule has 2 aromatic rings. The second kappa shape index (κ2) is 6.11. The van der Waals surface area contributed by atoms with Gasteiger partial charge in [-0.15, -0.1) is 11.3 Å². The van der Waals surface area contributed by atoms with Gasteiger partial charge in [-0.3, -0.25) is 0 Å². The summed E-state index contributed by atoms with van der Waals surface area (Å²) >= 11 is 7.31. The fourth-order valence-corrected chi connectivity index (χ4v) is 2.62. The van der Waals surface area contributed by atoms with Crippen LogP contribution in [0.4, 0.5) is 10.2 Å². The van der Waals surface area contributed by atoms with Gasteiger partial charge < -0.3 is 5.32 Å². The van der Waals surface area contributed by atoms with E-state index in [0.717, 1.165) is 23.9 Å². The molecule has 0 amide bonds. The molecule has 2 heterocycles. The van der Waals surface area contributed by atoms with E-state index < -0.39 is 5.82 Å². The Bertz CT molecular complexity index is 504. The van der Waals surface area contributed by atoms with Crippen molar-refractivity contribution in [2.45, 2.75) is 25.8 Å². The molecule has 0 saturated heterocycles. The standard InChI is InChI=1S/C12H13ClFN3S/c1-2-4-9(10-5-3-6-18-10)16-11-8(14)7-15-12(13)17-11/h3,5-7,9H,2,4H2,1H3,(H,15,16,17). The van der Waals surface area contributed by atoms with Gasteiger partial charge in [-0.25, -0.2) is 9.37 Å². The van der Waals surface area contributed by atoms with E-state index in [4.69, 9.17) is 11.6 Å². The highest BCUT2D eigenvalue weighted by Gasteiger charge is 2.15. The lowest BCUT2D eigenvalue weighted by Crippen LogP contribution is -2.12. The van der Waals surface area contributed by atoms with Gasteiger partial charge in [-0.2, -0.15) is 4.98 Å². The Morgan fingerprint density at radius 3 is 3.06 bits per heavy atom. The molecule has 2 rings (SSSR count). The summed E-state index contributed by atoms with van der Waals surface area (Å²) in [5, 5.41) is 5.14. The molecular formula is C12H13ClFN3S. The van der Waals surface area contributed by atoms with E-state index >= 15 is 0 Å². The number of thiophene rings is 1. The molecule has 0 bridgehead atoms. The van der Waals surface area contributed by atoms with Crippen molar-refractivity contribution in [3.05, 3.63) is 39.7 Å². The molecule has 1 N–H and O–H groups in total. The third-order valence-corrected chi connectivity index (χ3v) is 3.66. The zero-order valence-electron chi connectivity index (χ0n) is 9.86. The van der Waals surface area contributed by atoms with Crippen LogP contribution in [0.25, 0.3) is 0 Å². The number of nitrogens with zero attached hydrogens (tertiary/aromatic N) is 2. The Balaban J connectivity index is 2.21. The van der Waals surface area contributed by atoms with Crippen LogP contribution in [0.1, 0.15) is 30.7 Å². The lowest BCUT2D eigenvalue weighted by atomic mass is 10.1. The largest absolute Gasteiger partial charge is 0.360 e. The molecule has 6 heteroatoms. The molecule has 0 fully saturated rings. The van der Waals surface area contributed by atoms with Crippen LogP contribution < -0.4 is 5.32 Å². The Morgan fingerprint density at radius 2 is 2.39 bits per heavy atom.